The van der Waals surface area contributed by atoms with Crippen LogP contribution in [-0.4, -0.2) is 80.7 Å². The van der Waals surface area contributed by atoms with E-state index in [0.717, 1.165) is 61.4 Å². The second kappa shape index (κ2) is 8.93. The summed E-state index contributed by atoms with van der Waals surface area (Å²) < 4.78 is 18.5. The number of nitrogens with one attached hydrogen (secondary N) is 1. The van der Waals surface area contributed by atoms with Crippen molar-refractivity contribution in [3.8, 4) is 11.3 Å². The van der Waals surface area contributed by atoms with Crippen molar-refractivity contribution >= 4 is 22.0 Å². The van der Waals surface area contributed by atoms with Crippen LogP contribution in [0.4, 0.5) is 0 Å². The SMILES string of the molecule is CCC(CN1CCN(S(=O)c2ccn(C)n2)CC1)n1cc(-c2ncnc3[nH]ccc23)cn1. The van der Waals surface area contributed by atoms with E-state index in [2.05, 4.69) is 43.2 Å². The van der Waals surface area contributed by atoms with Gasteiger partial charge in [-0.15, -0.1) is 0 Å². The number of hydrogen-bond donors (Lipinski definition) is 1. The standard InChI is InChI=1S/C21H27N9OS/c1-3-17(14-28-8-10-29(11-9-28)32(31)19-5-7-27(2)26-19)30-13-16(12-25-30)20-18-4-6-22-21(18)24-15-23-20/h4-7,12-13,15,17H,3,8-11,14H2,1-2H3,(H,22,23,24). The summed E-state index contributed by atoms with van der Waals surface area (Å²) in [5.41, 5.74) is 2.71. The highest BCUT2D eigenvalue weighted by Gasteiger charge is 2.25. The van der Waals surface area contributed by atoms with Gasteiger partial charge in [-0.05, 0) is 18.6 Å². The molecule has 4 aromatic rings. The lowest BCUT2D eigenvalue weighted by atomic mass is 10.1. The monoisotopic (exact) mass is 453 g/mol. The van der Waals surface area contributed by atoms with Crippen LogP contribution in [0.2, 0.25) is 0 Å². The number of fused-ring (bicyclic) bond motifs is 1. The molecule has 4 aromatic heterocycles. The molecule has 1 saturated heterocycles. The molecule has 1 N–H and O–H groups in total. The van der Waals surface area contributed by atoms with Crippen LogP contribution < -0.4 is 0 Å². The van der Waals surface area contributed by atoms with Gasteiger partial charge in [0.05, 0.1) is 17.9 Å². The van der Waals surface area contributed by atoms with Crippen molar-refractivity contribution in [1.29, 1.82) is 0 Å². The Morgan fingerprint density at radius 2 is 2.03 bits per heavy atom. The van der Waals surface area contributed by atoms with Crippen LogP contribution in [-0.2, 0) is 18.0 Å². The normalized spacial score (nSPS) is 17.7. The summed E-state index contributed by atoms with van der Waals surface area (Å²) in [6.07, 6.45) is 10.2. The quantitative estimate of drug-likeness (QED) is 0.458. The largest absolute Gasteiger partial charge is 0.346 e. The van der Waals surface area contributed by atoms with E-state index in [-0.39, 0.29) is 6.04 Å². The smallest absolute Gasteiger partial charge is 0.164 e. The number of aromatic nitrogens is 7. The fourth-order valence-corrected chi connectivity index (χ4v) is 5.29. The molecule has 0 radical (unpaired) electrons. The number of piperazine rings is 1. The Morgan fingerprint density at radius 1 is 1.19 bits per heavy atom. The molecule has 2 unspecified atom stereocenters. The molecule has 1 fully saturated rings. The summed E-state index contributed by atoms with van der Waals surface area (Å²) in [7, 11) is 0.645. The Hall–Kier alpha value is -2.89. The molecule has 0 saturated carbocycles. The Morgan fingerprint density at radius 3 is 2.78 bits per heavy atom. The van der Waals surface area contributed by atoms with Gasteiger partial charge in [-0.1, -0.05) is 6.92 Å². The molecule has 10 nitrogen and oxygen atoms in total. The highest BCUT2D eigenvalue weighted by molar-refractivity contribution is 7.82. The van der Waals surface area contributed by atoms with E-state index in [4.69, 9.17) is 0 Å². The average Bonchev–Trinajstić information content (AvgIpc) is 3.57. The number of H-pyrrole nitrogens is 1. The van der Waals surface area contributed by atoms with E-state index in [9.17, 15) is 4.21 Å². The predicted molar refractivity (Wildman–Crippen MR) is 122 cm³/mol. The highest BCUT2D eigenvalue weighted by Crippen LogP contribution is 2.26. The lowest BCUT2D eigenvalue weighted by Crippen LogP contribution is -2.48. The summed E-state index contributed by atoms with van der Waals surface area (Å²) in [6, 6.07) is 4.08. The van der Waals surface area contributed by atoms with Crippen LogP contribution in [0.25, 0.3) is 22.3 Å². The second-order valence-electron chi connectivity index (χ2n) is 8.04. The highest BCUT2D eigenvalue weighted by atomic mass is 32.2. The molecule has 5 heterocycles. The zero-order chi connectivity index (χ0) is 22.1. The molecule has 2 atom stereocenters. The van der Waals surface area contributed by atoms with Crippen LogP contribution >= 0.6 is 0 Å². The van der Waals surface area contributed by atoms with Crippen LogP contribution in [0.5, 0.6) is 0 Å². The van der Waals surface area contributed by atoms with E-state index in [1.807, 2.05) is 46.8 Å². The Kier molecular flexibility index (Phi) is 5.85. The molecule has 5 rings (SSSR count). The molecule has 1 aliphatic heterocycles. The van der Waals surface area contributed by atoms with Crippen molar-refractivity contribution in [2.75, 3.05) is 32.7 Å². The van der Waals surface area contributed by atoms with E-state index < -0.39 is 11.0 Å². The molecular formula is C21H27N9OS. The number of rotatable bonds is 7. The van der Waals surface area contributed by atoms with E-state index >= 15 is 0 Å². The van der Waals surface area contributed by atoms with Crippen molar-refractivity contribution in [3.05, 3.63) is 43.2 Å². The van der Waals surface area contributed by atoms with Gasteiger partial charge in [-0.2, -0.15) is 10.2 Å². The third-order valence-corrected chi connectivity index (χ3v) is 7.39. The molecule has 0 amide bonds. The Labute approximate surface area is 188 Å². The molecule has 0 aliphatic carbocycles. The zero-order valence-electron chi connectivity index (χ0n) is 18.3. The first-order valence-electron chi connectivity index (χ1n) is 10.8. The molecule has 0 spiro atoms. The first-order chi connectivity index (χ1) is 15.6. The van der Waals surface area contributed by atoms with Gasteiger partial charge in [0.2, 0.25) is 0 Å². The van der Waals surface area contributed by atoms with Crippen molar-refractivity contribution in [1.82, 2.24) is 43.7 Å². The minimum atomic E-state index is -1.20. The van der Waals surface area contributed by atoms with Gasteiger partial charge in [0, 0.05) is 69.3 Å². The van der Waals surface area contributed by atoms with Crippen LogP contribution in [0.15, 0.2) is 48.3 Å². The predicted octanol–water partition coefficient (Wildman–Crippen LogP) is 1.85. The number of hydrogen-bond acceptors (Lipinski definition) is 6. The molecule has 11 heteroatoms. The summed E-state index contributed by atoms with van der Waals surface area (Å²) in [6.45, 7) is 6.36. The fourth-order valence-electron chi connectivity index (χ4n) is 4.16. The Bertz CT molecular complexity index is 1220. The molecule has 0 aromatic carbocycles. The second-order valence-corrected chi connectivity index (χ2v) is 9.47. The van der Waals surface area contributed by atoms with Crippen LogP contribution in [0.1, 0.15) is 19.4 Å². The number of aryl methyl sites for hydroxylation is 1. The lowest BCUT2D eigenvalue weighted by molar-refractivity contribution is 0.163. The van der Waals surface area contributed by atoms with Crippen molar-refractivity contribution in [3.63, 3.8) is 0 Å². The first kappa shape index (κ1) is 21.0. The molecular weight excluding hydrogens is 426 g/mol. The first-order valence-corrected chi connectivity index (χ1v) is 11.9. The number of aromatic amines is 1. The molecule has 168 valence electrons. The van der Waals surface area contributed by atoms with Gasteiger partial charge in [-0.25, -0.2) is 18.5 Å². The van der Waals surface area contributed by atoms with Crippen molar-refractivity contribution in [2.45, 2.75) is 24.4 Å². The molecule has 0 bridgehead atoms. The van der Waals surface area contributed by atoms with Gasteiger partial charge < -0.3 is 4.98 Å². The van der Waals surface area contributed by atoms with Gasteiger partial charge in [-0.3, -0.25) is 14.3 Å². The maximum Gasteiger partial charge on any atom is 0.164 e. The van der Waals surface area contributed by atoms with Crippen LogP contribution in [0.3, 0.4) is 0 Å². The zero-order valence-corrected chi connectivity index (χ0v) is 19.1. The van der Waals surface area contributed by atoms with Gasteiger partial charge in [0.25, 0.3) is 0 Å². The lowest BCUT2D eigenvalue weighted by Gasteiger charge is -2.35. The third-order valence-electron chi connectivity index (χ3n) is 5.98. The fraction of sp³-hybridized carbons (Fsp3) is 0.429. The van der Waals surface area contributed by atoms with Crippen molar-refractivity contribution in [2.24, 2.45) is 7.05 Å². The van der Waals surface area contributed by atoms with Crippen molar-refractivity contribution < 1.29 is 4.21 Å². The molecule has 32 heavy (non-hydrogen) atoms. The summed E-state index contributed by atoms with van der Waals surface area (Å²) >= 11 is 0. The summed E-state index contributed by atoms with van der Waals surface area (Å²) in [5, 5.41) is 10.6. The Balaban J connectivity index is 1.23. The number of nitrogens with zero attached hydrogens (tertiary/aromatic N) is 8. The van der Waals surface area contributed by atoms with Gasteiger partial charge >= 0.3 is 0 Å². The summed E-state index contributed by atoms with van der Waals surface area (Å²) in [4.78, 5) is 14.3. The molecule has 1 aliphatic rings. The third kappa shape index (κ3) is 4.10. The van der Waals surface area contributed by atoms with Crippen LogP contribution in [0, 0.1) is 0 Å². The maximum absolute atomic E-state index is 12.7. The minimum absolute atomic E-state index is 0.264. The summed E-state index contributed by atoms with van der Waals surface area (Å²) in [5.74, 6) is 0. The van der Waals surface area contributed by atoms with E-state index in [1.54, 1.807) is 11.0 Å². The van der Waals surface area contributed by atoms with Gasteiger partial charge in [0.15, 0.2) is 5.03 Å². The van der Waals surface area contributed by atoms with Gasteiger partial charge in [0.1, 0.15) is 23.0 Å². The topological polar surface area (TPSA) is 101 Å². The van der Waals surface area contributed by atoms with E-state index in [0.29, 0.717) is 5.03 Å². The minimum Gasteiger partial charge on any atom is -0.346 e. The van der Waals surface area contributed by atoms with E-state index in [1.165, 1.54) is 0 Å². The maximum atomic E-state index is 12.7. The average molecular weight is 454 g/mol.